The highest BCUT2D eigenvalue weighted by Gasteiger charge is 2.32. The molecule has 6 nitrogen and oxygen atoms in total. The van der Waals surface area contributed by atoms with Crippen LogP contribution in [0.3, 0.4) is 0 Å². The maximum atomic E-state index is 12.7. The van der Waals surface area contributed by atoms with Gasteiger partial charge < -0.3 is 14.6 Å². The van der Waals surface area contributed by atoms with E-state index in [1.165, 1.54) is 6.39 Å². The predicted octanol–water partition coefficient (Wildman–Crippen LogP) is 2.72. The number of nitrogens with zero attached hydrogens (tertiary/aromatic N) is 2. The molecule has 0 radical (unpaired) electrons. The molecule has 1 N–H and O–H groups in total. The summed E-state index contributed by atoms with van der Waals surface area (Å²) in [5.41, 5.74) is 1.11. The van der Waals surface area contributed by atoms with E-state index in [1.54, 1.807) is 4.90 Å². The molecule has 1 aromatic carbocycles. The molecule has 1 saturated heterocycles. The third-order valence-electron chi connectivity index (χ3n) is 4.15. The van der Waals surface area contributed by atoms with E-state index in [1.807, 2.05) is 44.2 Å². The molecule has 6 heteroatoms. The quantitative estimate of drug-likeness (QED) is 0.937. The molecule has 1 aliphatic heterocycles. The molecule has 0 bridgehead atoms. The third kappa shape index (κ3) is 3.18. The van der Waals surface area contributed by atoms with Gasteiger partial charge in [0.15, 0.2) is 12.1 Å². The van der Waals surface area contributed by atoms with Crippen LogP contribution < -0.4 is 10.2 Å². The van der Waals surface area contributed by atoms with E-state index in [4.69, 9.17) is 4.42 Å². The Morgan fingerprint density at radius 3 is 2.79 bits per heavy atom. The largest absolute Gasteiger partial charge is 0.447 e. The van der Waals surface area contributed by atoms with Gasteiger partial charge in [0.05, 0.1) is 0 Å². The van der Waals surface area contributed by atoms with E-state index >= 15 is 0 Å². The number of carbonyl (C=O) groups is 2. The van der Waals surface area contributed by atoms with Crippen LogP contribution in [0, 0.1) is 0 Å². The number of benzene rings is 1. The number of carbonyl (C=O) groups excluding carboxylic acids is 2. The highest BCUT2D eigenvalue weighted by Crippen LogP contribution is 2.22. The molecule has 2 amide bonds. The van der Waals surface area contributed by atoms with Crippen molar-refractivity contribution >= 4 is 17.5 Å². The predicted molar refractivity (Wildman–Crippen MR) is 89.9 cm³/mol. The van der Waals surface area contributed by atoms with Crippen molar-refractivity contribution in [3.05, 3.63) is 48.2 Å². The second-order valence-corrected chi connectivity index (χ2v) is 6.21. The molecular weight excluding hydrogens is 306 g/mol. The van der Waals surface area contributed by atoms with Gasteiger partial charge in [-0.15, -0.1) is 0 Å². The molecule has 0 spiro atoms. The molecule has 0 saturated carbocycles. The van der Waals surface area contributed by atoms with E-state index in [2.05, 4.69) is 10.3 Å². The van der Waals surface area contributed by atoms with E-state index in [9.17, 15) is 9.59 Å². The number of aromatic nitrogens is 1. The van der Waals surface area contributed by atoms with Gasteiger partial charge in [0, 0.05) is 18.2 Å². The fourth-order valence-corrected chi connectivity index (χ4v) is 2.94. The van der Waals surface area contributed by atoms with E-state index in [-0.39, 0.29) is 23.4 Å². The molecule has 3 rings (SSSR count). The zero-order valence-corrected chi connectivity index (χ0v) is 13.9. The zero-order chi connectivity index (χ0) is 17.1. The Labute approximate surface area is 140 Å². The Morgan fingerprint density at radius 1 is 1.33 bits per heavy atom. The topological polar surface area (TPSA) is 75.4 Å². The lowest BCUT2D eigenvalue weighted by Crippen LogP contribution is -2.52. The van der Waals surface area contributed by atoms with Gasteiger partial charge in [0.25, 0.3) is 5.91 Å². The number of para-hydroxylation sites is 1. The van der Waals surface area contributed by atoms with Gasteiger partial charge in [0.2, 0.25) is 5.91 Å². The maximum Gasteiger partial charge on any atom is 0.274 e. The van der Waals surface area contributed by atoms with Crippen molar-refractivity contribution < 1.29 is 14.0 Å². The Hall–Kier alpha value is -2.63. The summed E-state index contributed by atoms with van der Waals surface area (Å²) < 4.78 is 5.29. The summed E-state index contributed by atoms with van der Waals surface area (Å²) in [6.07, 6.45) is 2.73. The number of oxazole rings is 1. The van der Waals surface area contributed by atoms with Crippen LogP contribution in [0.1, 0.15) is 48.9 Å². The SMILES string of the molecule is CC(C)c1ocnc1C(=O)N[C@@H]1CCCN(c2ccccc2)C1=O. The smallest absolute Gasteiger partial charge is 0.274 e. The summed E-state index contributed by atoms with van der Waals surface area (Å²) in [7, 11) is 0. The van der Waals surface area contributed by atoms with Crippen LogP contribution in [0.15, 0.2) is 41.1 Å². The van der Waals surface area contributed by atoms with Crippen LogP contribution in [-0.2, 0) is 4.79 Å². The van der Waals surface area contributed by atoms with Crippen LogP contribution in [0.5, 0.6) is 0 Å². The Kier molecular flexibility index (Phi) is 4.64. The first kappa shape index (κ1) is 16.2. The van der Waals surface area contributed by atoms with Crippen LogP contribution in [0.2, 0.25) is 0 Å². The average molecular weight is 327 g/mol. The number of hydrogen-bond donors (Lipinski definition) is 1. The van der Waals surface area contributed by atoms with Crippen LogP contribution in [0.4, 0.5) is 5.69 Å². The summed E-state index contributed by atoms with van der Waals surface area (Å²) in [4.78, 5) is 30.9. The first-order chi connectivity index (χ1) is 11.6. The van der Waals surface area contributed by atoms with Gasteiger partial charge >= 0.3 is 0 Å². The molecule has 24 heavy (non-hydrogen) atoms. The van der Waals surface area contributed by atoms with Crippen LogP contribution in [0.25, 0.3) is 0 Å². The lowest BCUT2D eigenvalue weighted by Gasteiger charge is -2.32. The summed E-state index contributed by atoms with van der Waals surface area (Å²) in [5, 5.41) is 2.81. The number of nitrogens with one attached hydrogen (secondary N) is 1. The van der Waals surface area contributed by atoms with E-state index < -0.39 is 6.04 Å². The Bertz CT molecular complexity index is 724. The standard InChI is InChI=1S/C18H21N3O3/c1-12(2)16-15(19-11-24-16)17(22)20-14-9-6-10-21(18(14)23)13-7-4-3-5-8-13/h3-5,7-8,11-12,14H,6,9-10H2,1-2H3,(H,20,22)/t14-/m1/s1. The molecular formula is C18H21N3O3. The second kappa shape index (κ2) is 6.86. The van der Waals surface area contributed by atoms with Crippen molar-refractivity contribution in [2.24, 2.45) is 0 Å². The average Bonchev–Trinajstić information content (AvgIpc) is 3.07. The summed E-state index contributed by atoms with van der Waals surface area (Å²) in [5.74, 6) is 0.142. The second-order valence-electron chi connectivity index (χ2n) is 6.21. The number of piperidine rings is 1. The number of rotatable bonds is 4. The number of amides is 2. The van der Waals surface area contributed by atoms with Crippen molar-refractivity contribution in [1.29, 1.82) is 0 Å². The molecule has 1 aliphatic rings. The Morgan fingerprint density at radius 2 is 2.08 bits per heavy atom. The van der Waals surface area contributed by atoms with Gasteiger partial charge in [-0.3, -0.25) is 9.59 Å². The first-order valence-electron chi connectivity index (χ1n) is 8.18. The summed E-state index contributed by atoms with van der Waals surface area (Å²) in [6, 6.07) is 8.97. The molecule has 2 aromatic rings. The van der Waals surface area contributed by atoms with Crippen molar-refractivity contribution in [2.75, 3.05) is 11.4 Å². The lowest BCUT2D eigenvalue weighted by molar-refractivity contribution is -0.121. The molecule has 1 aromatic heterocycles. The van der Waals surface area contributed by atoms with Gasteiger partial charge in [-0.2, -0.15) is 0 Å². The Balaban J connectivity index is 1.74. The van der Waals surface area contributed by atoms with Crippen molar-refractivity contribution in [3.8, 4) is 0 Å². The van der Waals surface area contributed by atoms with E-state index in [0.29, 0.717) is 18.7 Å². The first-order valence-corrected chi connectivity index (χ1v) is 8.18. The van der Waals surface area contributed by atoms with Crippen LogP contribution >= 0.6 is 0 Å². The summed E-state index contributed by atoms with van der Waals surface area (Å²) >= 11 is 0. The molecule has 1 atom stereocenters. The minimum Gasteiger partial charge on any atom is -0.447 e. The number of anilines is 1. The lowest BCUT2D eigenvalue weighted by atomic mass is 10.0. The van der Waals surface area contributed by atoms with Crippen LogP contribution in [-0.4, -0.2) is 29.4 Å². The molecule has 126 valence electrons. The maximum absolute atomic E-state index is 12.7. The van der Waals surface area contributed by atoms with Gasteiger partial charge in [-0.05, 0) is 25.0 Å². The number of hydrogen-bond acceptors (Lipinski definition) is 4. The molecule has 2 heterocycles. The minimum absolute atomic E-state index is 0.0520. The third-order valence-corrected chi connectivity index (χ3v) is 4.15. The fourth-order valence-electron chi connectivity index (χ4n) is 2.94. The molecule has 0 aliphatic carbocycles. The van der Waals surface area contributed by atoms with Crippen molar-refractivity contribution in [3.63, 3.8) is 0 Å². The highest BCUT2D eigenvalue weighted by atomic mass is 16.3. The minimum atomic E-state index is -0.539. The highest BCUT2D eigenvalue weighted by molar-refractivity contribution is 6.02. The van der Waals surface area contributed by atoms with E-state index in [0.717, 1.165) is 12.1 Å². The monoisotopic (exact) mass is 327 g/mol. The normalized spacial score (nSPS) is 18.0. The zero-order valence-electron chi connectivity index (χ0n) is 13.9. The summed E-state index contributed by atoms with van der Waals surface area (Å²) in [6.45, 7) is 4.52. The molecule has 1 fully saturated rings. The van der Waals surface area contributed by atoms with Crippen molar-refractivity contribution in [1.82, 2.24) is 10.3 Å². The van der Waals surface area contributed by atoms with Gasteiger partial charge in [-0.1, -0.05) is 32.0 Å². The van der Waals surface area contributed by atoms with Gasteiger partial charge in [-0.25, -0.2) is 4.98 Å². The van der Waals surface area contributed by atoms with Gasteiger partial charge in [0.1, 0.15) is 11.8 Å². The van der Waals surface area contributed by atoms with Crippen molar-refractivity contribution in [2.45, 2.75) is 38.6 Å². The fraction of sp³-hybridized carbons (Fsp3) is 0.389. The molecule has 0 unspecified atom stereocenters.